The molecule has 2 aliphatic rings. The first-order valence-corrected chi connectivity index (χ1v) is 11.5. The molecule has 0 spiro atoms. The molecule has 3 aromatic rings. The Morgan fingerprint density at radius 2 is 1.81 bits per heavy atom. The van der Waals surface area contributed by atoms with Gasteiger partial charge in [-0.3, -0.25) is 13.9 Å². The van der Waals surface area contributed by atoms with Crippen LogP contribution in [0.15, 0.2) is 27.8 Å². The van der Waals surface area contributed by atoms with E-state index in [9.17, 15) is 9.59 Å². The Kier molecular flexibility index (Phi) is 4.99. The Hall–Kier alpha value is -2.83. The van der Waals surface area contributed by atoms with Crippen molar-refractivity contribution in [2.45, 2.75) is 71.5 Å². The highest BCUT2D eigenvalue weighted by atomic mass is 16.2. The molecular formula is C24H31N5O2. The smallest absolute Gasteiger partial charge is 0.332 e. The second-order valence-corrected chi connectivity index (χ2v) is 9.24. The van der Waals surface area contributed by atoms with Crippen molar-refractivity contribution in [3.05, 3.63) is 55.7 Å². The molecule has 0 atom stereocenters. The molecule has 0 bridgehead atoms. The highest BCUT2D eigenvalue weighted by Crippen LogP contribution is 2.31. The van der Waals surface area contributed by atoms with Crippen LogP contribution in [0.25, 0.3) is 11.2 Å². The third-order valence-electron chi connectivity index (χ3n) is 7.10. The molecule has 0 N–H and O–H groups in total. The molecule has 1 aliphatic heterocycles. The average molecular weight is 422 g/mol. The monoisotopic (exact) mass is 421 g/mol. The highest BCUT2D eigenvalue weighted by molar-refractivity contribution is 5.75. The SMILES string of the molecule is Cc1ccc(C)c(Cn2c(=O)c3c(nc4n3CCCN4C3CCCCC3)n(C)c2=O)c1. The Bertz CT molecular complexity index is 1260. The van der Waals surface area contributed by atoms with Gasteiger partial charge in [-0.15, -0.1) is 0 Å². The molecule has 0 radical (unpaired) electrons. The van der Waals surface area contributed by atoms with Gasteiger partial charge in [-0.2, -0.15) is 4.98 Å². The second kappa shape index (κ2) is 7.70. The predicted molar refractivity (Wildman–Crippen MR) is 123 cm³/mol. The zero-order chi connectivity index (χ0) is 21.7. The molecule has 3 heterocycles. The van der Waals surface area contributed by atoms with Crippen molar-refractivity contribution in [2.75, 3.05) is 11.4 Å². The maximum atomic E-state index is 13.6. The Labute approximate surface area is 181 Å². The van der Waals surface area contributed by atoms with E-state index in [0.717, 1.165) is 42.1 Å². The van der Waals surface area contributed by atoms with Crippen LogP contribution in [0, 0.1) is 13.8 Å². The number of benzene rings is 1. The summed E-state index contributed by atoms with van der Waals surface area (Å²) in [7, 11) is 1.73. The van der Waals surface area contributed by atoms with Crippen molar-refractivity contribution in [3.8, 4) is 0 Å². The summed E-state index contributed by atoms with van der Waals surface area (Å²) in [4.78, 5) is 34.0. The van der Waals surface area contributed by atoms with Gasteiger partial charge in [-0.1, -0.05) is 43.0 Å². The lowest BCUT2D eigenvalue weighted by Gasteiger charge is -2.37. The van der Waals surface area contributed by atoms with E-state index in [1.165, 1.54) is 36.7 Å². The van der Waals surface area contributed by atoms with Gasteiger partial charge in [0.2, 0.25) is 5.95 Å². The Morgan fingerprint density at radius 3 is 2.58 bits per heavy atom. The van der Waals surface area contributed by atoms with Gasteiger partial charge >= 0.3 is 5.69 Å². The van der Waals surface area contributed by atoms with Crippen LogP contribution in [0.2, 0.25) is 0 Å². The van der Waals surface area contributed by atoms with Gasteiger partial charge in [0.1, 0.15) is 0 Å². The number of nitrogens with zero attached hydrogens (tertiary/aromatic N) is 5. The highest BCUT2D eigenvalue weighted by Gasteiger charge is 2.30. The van der Waals surface area contributed by atoms with Gasteiger partial charge in [0.25, 0.3) is 5.56 Å². The quantitative estimate of drug-likeness (QED) is 0.652. The molecule has 7 nitrogen and oxygen atoms in total. The van der Waals surface area contributed by atoms with E-state index in [0.29, 0.717) is 17.2 Å². The van der Waals surface area contributed by atoms with Crippen LogP contribution in [0.5, 0.6) is 0 Å². The number of aryl methyl sites for hydroxylation is 4. The van der Waals surface area contributed by atoms with Crippen molar-refractivity contribution in [1.29, 1.82) is 0 Å². The van der Waals surface area contributed by atoms with Crippen molar-refractivity contribution >= 4 is 17.1 Å². The van der Waals surface area contributed by atoms with Gasteiger partial charge in [0.15, 0.2) is 11.2 Å². The van der Waals surface area contributed by atoms with Crippen molar-refractivity contribution < 1.29 is 0 Å². The fourth-order valence-electron chi connectivity index (χ4n) is 5.31. The third kappa shape index (κ3) is 3.30. The zero-order valence-corrected chi connectivity index (χ0v) is 18.7. The summed E-state index contributed by atoms with van der Waals surface area (Å²) in [6.45, 7) is 6.07. The largest absolute Gasteiger partial charge is 0.339 e. The van der Waals surface area contributed by atoms with Crippen molar-refractivity contribution in [3.63, 3.8) is 0 Å². The van der Waals surface area contributed by atoms with Crippen molar-refractivity contribution in [1.82, 2.24) is 18.7 Å². The van der Waals surface area contributed by atoms with Gasteiger partial charge in [0.05, 0.1) is 6.54 Å². The number of hydrogen-bond donors (Lipinski definition) is 0. The van der Waals surface area contributed by atoms with Crippen molar-refractivity contribution in [2.24, 2.45) is 7.05 Å². The molecule has 1 fully saturated rings. The molecule has 2 aromatic heterocycles. The first kappa shape index (κ1) is 20.1. The normalized spacial score (nSPS) is 17.3. The minimum atomic E-state index is -0.307. The predicted octanol–water partition coefficient (Wildman–Crippen LogP) is 3.10. The molecule has 5 rings (SSSR count). The van der Waals surface area contributed by atoms with E-state index in [2.05, 4.69) is 21.6 Å². The molecule has 1 aromatic carbocycles. The molecule has 1 saturated carbocycles. The van der Waals surface area contributed by atoms with E-state index in [1.807, 2.05) is 19.9 Å². The maximum absolute atomic E-state index is 13.6. The summed E-state index contributed by atoms with van der Waals surface area (Å²) in [5, 5.41) is 0. The number of imidazole rings is 1. The Morgan fingerprint density at radius 1 is 1.03 bits per heavy atom. The summed E-state index contributed by atoms with van der Waals surface area (Å²) in [6, 6.07) is 6.64. The van der Waals surface area contributed by atoms with E-state index in [-0.39, 0.29) is 17.8 Å². The fraction of sp³-hybridized carbons (Fsp3) is 0.542. The number of fused-ring (bicyclic) bond motifs is 3. The van der Waals surface area contributed by atoms with Crippen LogP contribution in [-0.4, -0.2) is 31.3 Å². The summed E-state index contributed by atoms with van der Waals surface area (Å²) < 4.78 is 4.99. The number of anilines is 1. The van der Waals surface area contributed by atoms with Crippen LogP contribution < -0.4 is 16.1 Å². The summed E-state index contributed by atoms with van der Waals surface area (Å²) in [6.07, 6.45) is 7.16. The lowest BCUT2D eigenvalue weighted by atomic mass is 9.94. The molecule has 31 heavy (non-hydrogen) atoms. The van der Waals surface area contributed by atoms with E-state index in [1.54, 1.807) is 11.6 Å². The molecule has 0 unspecified atom stereocenters. The second-order valence-electron chi connectivity index (χ2n) is 9.24. The minimum absolute atomic E-state index is 0.233. The lowest BCUT2D eigenvalue weighted by Crippen LogP contribution is -2.43. The standard InChI is InChI=1S/C24H31N5O2/c1-16-10-11-17(2)18(14-16)15-29-22(30)20-21(26(3)24(29)31)25-23-27(12-7-13-28(20)23)19-8-5-4-6-9-19/h10-11,14,19H,4-9,12-13,15H2,1-3H3. The maximum Gasteiger partial charge on any atom is 0.332 e. The minimum Gasteiger partial charge on any atom is -0.339 e. The Balaban J connectivity index is 1.66. The molecule has 164 valence electrons. The van der Waals surface area contributed by atoms with Gasteiger partial charge < -0.3 is 9.47 Å². The van der Waals surface area contributed by atoms with Crippen LogP contribution in [0.3, 0.4) is 0 Å². The number of aromatic nitrogens is 4. The molecule has 0 amide bonds. The first-order valence-electron chi connectivity index (χ1n) is 11.5. The van der Waals surface area contributed by atoms with Crippen LogP contribution in [0.4, 0.5) is 5.95 Å². The molecular weight excluding hydrogens is 390 g/mol. The average Bonchev–Trinajstić information content (AvgIpc) is 3.18. The lowest BCUT2D eigenvalue weighted by molar-refractivity contribution is 0.391. The van der Waals surface area contributed by atoms with E-state index < -0.39 is 0 Å². The van der Waals surface area contributed by atoms with Crippen LogP contribution >= 0.6 is 0 Å². The van der Waals surface area contributed by atoms with Crippen LogP contribution in [-0.2, 0) is 20.1 Å². The topological polar surface area (TPSA) is 65.1 Å². The van der Waals surface area contributed by atoms with Gasteiger partial charge in [-0.05, 0) is 44.2 Å². The summed E-state index contributed by atoms with van der Waals surface area (Å²) in [5.74, 6) is 0.865. The summed E-state index contributed by atoms with van der Waals surface area (Å²) >= 11 is 0. The number of rotatable bonds is 3. The fourth-order valence-corrected chi connectivity index (χ4v) is 5.31. The third-order valence-corrected chi connectivity index (χ3v) is 7.10. The van der Waals surface area contributed by atoms with E-state index in [4.69, 9.17) is 4.98 Å². The van der Waals surface area contributed by atoms with Gasteiger partial charge in [0, 0.05) is 26.2 Å². The summed E-state index contributed by atoms with van der Waals surface area (Å²) in [5.41, 5.74) is 3.73. The molecule has 7 heteroatoms. The zero-order valence-electron chi connectivity index (χ0n) is 18.7. The first-order chi connectivity index (χ1) is 15.0. The van der Waals surface area contributed by atoms with E-state index >= 15 is 0 Å². The molecule has 0 saturated heterocycles. The molecule has 1 aliphatic carbocycles. The van der Waals surface area contributed by atoms with Crippen LogP contribution in [0.1, 0.15) is 55.2 Å². The van der Waals surface area contributed by atoms with Gasteiger partial charge in [-0.25, -0.2) is 4.79 Å². The number of hydrogen-bond acceptors (Lipinski definition) is 4.